The number of nitrogens with zero attached hydrogens (tertiary/aromatic N) is 1. The molecule has 128 valence electrons. The van der Waals surface area contributed by atoms with E-state index in [1.54, 1.807) is 0 Å². The molecule has 0 amide bonds. The monoisotopic (exact) mass is 345 g/mol. The zero-order chi connectivity index (χ0) is 17.1. The largest absolute Gasteiger partial charge is 0.310 e. The summed E-state index contributed by atoms with van der Waals surface area (Å²) in [5, 5.41) is 11.1. The number of halogens is 1. The maximum absolute atomic E-state index is 12.1. The molecule has 0 atom stereocenters. The number of H-pyrrole nitrogens is 1. The molecular formula is C19H24ClN3O. The van der Waals surface area contributed by atoms with Gasteiger partial charge in [-0.1, -0.05) is 37.6 Å². The highest BCUT2D eigenvalue weighted by atomic mass is 35.5. The Hall–Kier alpha value is -1.65. The van der Waals surface area contributed by atoms with Crippen LogP contribution in [0.25, 0.3) is 0 Å². The lowest BCUT2D eigenvalue weighted by Crippen LogP contribution is -2.41. The van der Waals surface area contributed by atoms with Crippen molar-refractivity contribution in [2.75, 3.05) is 0 Å². The van der Waals surface area contributed by atoms with Crippen molar-refractivity contribution in [3.63, 3.8) is 0 Å². The Morgan fingerprint density at radius 3 is 2.50 bits per heavy atom. The molecule has 1 aromatic carbocycles. The van der Waals surface area contributed by atoms with E-state index in [9.17, 15) is 4.79 Å². The Labute approximate surface area is 147 Å². The first-order chi connectivity index (χ1) is 11.6. The van der Waals surface area contributed by atoms with Crippen molar-refractivity contribution in [1.29, 1.82) is 0 Å². The minimum Gasteiger partial charge on any atom is -0.310 e. The standard InChI is InChI=1S/C19H24ClN3O/c1-3-16-17(19(24)23-22-18(16)4-2)11-21-15-9-13(10-15)12-5-7-14(20)8-6-12/h5-8,13,15,21H,3-4,9-11H2,1-2H3,(H,23,24). The van der Waals surface area contributed by atoms with Crippen LogP contribution in [-0.4, -0.2) is 16.2 Å². The van der Waals surface area contributed by atoms with Gasteiger partial charge in [-0.05, 0) is 54.9 Å². The van der Waals surface area contributed by atoms with Crippen LogP contribution in [0.15, 0.2) is 29.1 Å². The van der Waals surface area contributed by atoms with Crippen molar-refractivity contribution in [2.24, 2.45) is 0 Å². The van der Waals surface area contributed by atoms with E-state index >= 15 is 0 Å². The van der Waals surface area contributed by atoms with Gasteiger partial charge in [-0.2, -0.15) is 5.10 Å². The van der Waals surface area contributed by atoms with Gasteiger partial charge in [0, 0.05) is 23.2 Å². The number of hydrogen-bond donors (Lipinski definition) is 2. The van der Waals surface area contributed by atoms with Gasteiger partial charge in [0.05, 0.1) is 5.69 Å². The molecule has 1 saturated carbocycles. The van der Waals surface area contributed by atoms with Gasteiger partial charge in [0.15, 0.2) is 0 Å². The van der Waals surface area contributed by atoms with Crippen LogP contribution in [0.3, 0.4) is 0 Å². The third-order valence-electron chi connectivity index (χ3n) is 5.01. The quantitative estimate of drug-likeness (QED) is 0.841. The third-order valence-corrected chi connectivity index (χ3v) is 5.27. The second-order valence-corrected chi connectivity index (χ2v) is 6.90. The molecule has 3 rings (SSSR count). The molecule has 1 aliphatic rings. The van der Waals surface area contributed by atoms with E-state index < -0.39 is 0 Å². The first kappa shape index (κ1) is 17.2. The second-order valence-electron chi connectivity index (χ2n) is 6.46. The van der Waals surface area contributed by atoms with Crippen molar-refractivity contribution in [2.45, 2.75) is 58.0 Å². The number of aromatic nitrogens is 2. The molecule has 4 nitrogen and oxygen atoms in total. The number of benzene rings is 1. The van der Waals surface area contributed by atoms with Crippen LogP contribution in [-0.2, 0) is 19.4 Å². The van der Waals surface area contributed by atoms with Gasteiger partial charge in [0.1, 0.15) is 0 Å². The molecule has 5 heteroatoms. The van der Waals surface area contributed by atoms with Gasteiger partial charge < -0.3 is 5.32 Å². The zero-order valence-electron chi connectivity index (χ0n) is 14.2. The molecule has 0 aliphatic heterocycles. The van der Waals surface area contributed by atoms with Gasteiger partial charge in [-0.15, -0.1) is 0 Å². The van der Waals surface area contributed by atoms with E-state index in [4.69, 9.17) is 11.6 Å². The first-order valence-corrected chi connectivity index (χ1v) is 9.08. The number of rotatable bonds is 6. The average Bonchev–Trinajstić information content (AvgIpc) is 2.55. The molecule has 0 unspecified atom stereocenters. The number of aryl methyl sites for hydroxylation is 1. The summed E-state index contributed by atoms with van der Waals surface area (Å²) in [5.41, 5.74) is 4.23. The van der Waals surface area contributed by atoms with Crippen LogP contribution in [0.4, 0.5) is 0 Å². The van der Waals surface area contributed by atoms with Crippen molar-refractivity contribution in [3.05, 3.63) is 62.0 Å². The van der Waals surface area contributed by atoms with E-state index in [0.29, 0.717) is 18.5 Å². The maximum Gasteiger partial charge on any atom is 0.268 e. The molecule has 1 fully saturated rings. The summed E-state index contributed by atoms with van der Waals surface area (Å²) < 4.78 is 0. The van der Waals surface area contributed by atoms with Gasteiger partial charge in [-0.3, -0.25) is 4.79 Å². The van der Waals surface area contributed by atoms with E-state index in [2.05, 4.69) is 41.5 Å². The fraction of sp³-hybridized carbons (Fsp3) is 0.474. The molecule has 1 heterocycles. The summed E-state index contributed by atoms with van der Waals surface area (Å²) in [6.07, 6.45) is 3.89. The van der Waals surface area contributed by atoms with Crippen LogP contribution in [0.1, 0.15) is 55.0 Å². The molecule has 0 spiro atoms. The van der Waals surface area contributed by atoms with Crippen LogP contribution in [0.5, 0.6) is 0 Å². The molecule has 0 saturated heterocycles. The van der Waals surface area contributed by atoms with Crippen molar-refractivity contribution >= 4 is 11.6 Å². The van der Waals surface area contributed by atoms with E-state index in [-0.39, 0.29) is 5.56 Å². The summed E-state index contributed by atoms with van der Waals surface area (Å²) in [7, 11) is 0. The molecular weight excluding hydrogens is 322 g/mol. The molecule has 0 bridgehead atoms. The van der Waals surface area contributed by atoms with Crippen LogP contribution < -0.4 is 10.9 Å². The maximum atomic E-state index is 12.1. The Kier molecular flexibility index (Phi) is 5.36. The third kappa shape index (κ3) is 3.55. The smallest absolute Gasteiger partial charge is 0.268 e. The summed E-state index contributed by atoms with van der Waals surface area (Å²) in [5.74, 6) is 0.590. The van der Waals surface area contributed by atoms with Gasteiger partial charge >= 0.3 is 0 Å². The van der Waals surface area contributed by atoms with Crippen molar-refractivity contribution in [1.82, 2.24) is 15.5 Å². The van der Waals surface area contributed by atoms with Crippen LogP contribution in [0, 0.1) is 0 Å². The zero-order valence-corrected chi connectivity index (χ0v) is 15.0. The summed E-state index contributed by atoms with van der Waals surface area (Å²) in [6, 6.07) is 8.59. The minimum atomic E-state index is -0.0647. The van der Waals surface area contributed by atoms with Gasteiger partial charge in [0.25, 0.3) is 5.56 Å². The Morgan fingerprint density at radius 2 is 1.88 bits per heavy atom. The van der Waals surface area contributed by atoms with E-state index in [1.165, 1.54) is 5.56 Å². The van der Waals surface area contributed by atoms with Crippen LogP contribution in [0.2, 0.25) is 5.02 Å². The number of hydrogen-bond acceptors (Lipinski definition) is 3. The highest BCUT2D eigenvalue weighted by Gasteiger charge is 2.30. The number of aromatic amines is 1. The Balaban J connectivity index is 1.60. The molecule has 1 aromatic heterocycles. The van der Waals surface area contributed by atoms with Gasteiger partial charge in [0.2, 0.25) is 0 Å². The SMILES string of the molecule is CCc1n[nH]c(=O)c(CNC2CC(c3ccc(Cl)cc3)C2)c1CC. The molecule has 0 radical (unpaired) electrons. The highest BCUT2D eigenvalue weighted by Crippen LogP contribution is 2.37. The predicted molar refractivity (Wildman–Crippen MR) is 97.7 cm³/mol. The summed E-state index contributed by atoms with van der Waals surface area (Å²) >= 11 is 5.94. The molecule has 24 heavy (non-hydrogen) atoms. The van der Waals surface area contributed by atoms with E-state index in [1.807, 2.05) is 12.1 Å². The van der Waals surface area contributed by atoms with Crippen molar-refractivity contribution < 1.29 is 0 Å². The average molecular weight is 346 g/mol. The lowest BCUT2D eigenvalue weighted by Gasteiger charge is -2.36. The predicted octanol–water partition coefficient (Wildman–Crippen LogP) is 3.58. The summed E-state index contributed by atoms with van der Waals surface area (Å²) in [6.45, 7) is 4.77. The Bertz CT molecular complexity index is 748. The topological polar surface area (TPSA) is 57.8 Å². The van der Waals surface area contributed by atoms with Crippen LogP contribution >= 0.6 is 11.6 Å². The first-order valence-electron chi connectivity index (χ1n) is 8.70. The Morgan fingerprint density at radius 1 is 1.17 bits per heavy atom. The fourth-order valence-corrected chi connectivity index (χ4v) is 3.63. The lowest BCUT2D eigenvalue weighted by molar-refractivity contribution is 0.289. The van der Waals surface area contributed by atoms with E-state index in [0.717, 1.165) is 47.5 Å². The van der Waals surface area contributed by atoms with Crippen molar-refractivity contribution in [3.8, 4) is 0 Å². The molecule has 2 N–H and O–H groups in total. The van der Waals surface area contributed by atoms with Gasteiger partial charge in [-0.25, -0.2) is 5.10 Å². The normalized spacial score (nSPS) is 20.0. The highest BCUT2D eigenvalue weighted by molar-refractivity contribution is 6.30. The minimum absolute atomic E-state index is 0.0647. The molecule has 2 aromatic rings. The molecule has 1 aliphatic carbocycles. The lowest BCUT2D eigenvalue weighted by atomic mass is 9.76. The summed E-state index contributed by atoms with van der Waals surface area (Å²) in [4.78, 5) is 12.1. The second kappa shape index (κ2) is 7.49. The fourth-order valence-electron chi connectivity index (χ4n) is 3.50. The number of nitrogens with one attached hydrogen (secondary N) is 2.